The van der Waals surface area contributed by atoms with Crippen LogP contribution in [0.2, 0.25) is 10.0 Å². The molecule has 33 heavy (non-hydrogen) atoms. The van der Waals surface area contributed by atoms with Gasteiger partial charge in [0.05, 0.1) is 16.6 Å². The highest BCUT2D eigenvalue weighted by Gasteiger charge is 2.28. The van der Waals surface area contributed by atoms with Crippen LogP contribution in [0.4, 0.5) is 0 Å². The van der Waals surface area contributed by atoms with Gasteiger partial charge in [0.15, 0.2) is 0 Å². The Morgan fingerprint density at radius 3 is 2.64 bits per heavy atom. The van der Waals surface area contributed by atoms with Crippen molar-refractivity contribution in [1.82, 2.24) is 15.5 Å². The van der Waals surface area contributed by atoms with E-state index in [1.807, 2.05) is 29.2 Å². The number of nitrogens with two attached hydrogens (primary N) is 1. The number of benzene rings is 2. The summed E-state index contributed by atoms with van der Waals surface area (Å²) in [7, 11) is 0. The summed E-state index contributed by atoms with van der Waals surface area (Å²) in [6.45, 7) is 3.87. The molecule has 0 radical (unpaired) electrons. The minimum absolute atomic E-state index is 0.0249. The van der Waals surface area contributed by atoms with Crippen molar-refractivity contribution < 1.29 is 9.59 Å². The fourth-order valence-electron chi connectivity index (χ4n) is 3.90. The molecule has 1 aliphatic rings. The second kappa shape index (κ2) is 12.1. The number of hydrogen-bond donors (Lipinski definition) is 3. The van der Waals surface area contributed by atoms with Gasteiger partial charge in [-0.05, 0) is 49.2 Å². The van der Waals surface area contributed by atoms with Gasteiger partial charge in [0, 0.05) is 30.3 Å². The number of halogens is 2. The fraction of sp³-hybridized carbons (Fsp3) is 0.360. The van der Waals surface area contributed by atoms with E-state index < -0.39 is 6.04 Å². The third kappa shape index (κ3) is 6.73. The first-order valence-corrected chi connectivity index (χ1v) is 11.9. The molecule has 0 saturated heterocycles. The highest BCUT2D eigenvalue weighted by molar-refractivity contribution is 6.42. The SMILES string of the molecule is CC[C@H](CN1CC=C(CNC(=O)c2ccc(Cl)c(Cl)c2)N[C@@H](CCN)C1=O)c1ccccc1. The van der Waals surface area contributed by atoms with E-state index in [1.165, 1.54) is 11.6 Å². The van der Waals surface area contributed by atoms with Crippen LogP contribution in [0, 0.1) is 0 Å². The molecule has 0 aromatic heterocycles. The van der Waals surface area contributed by atoms with Crippen molar-refractivity contribution in [2.75, 3.05) is 26.2 Å². The molecular formula is C25H30Cl2N4O2. The molecule has 2 aromatic rings. The normalized spacial score (nSPS) is 17.1. The lowest BCUT2D eigenvalue weighted by molar-refractivity contribution is -0.132. The third-order valence-corrected chi connectivity index (χ3v) is 6.55. The summed E-state index contributed by atoms with van der Waals surface area (Å²) in [4.78, 5) is 27.7. The molecule has 3 rings (SSSR count). The van der Waals surface area contributed by atoms with Gasteiger partial charge in [-0.15, -0.1) is 0 Å². The fourth-order valence-corrected chi connectivity index (χ4v) is 4.20. The molecule has 0 unspecified atom stereocenters. The monoisotopic (exact) mass is 488 g/mol. The first-order chi connectivity index (χ1) is 15.9. The highest BCUT2D eigenvalue weighted by atomic mass is 35.5. The van der Waals surface area contributed by atoms with Crippen molar-refractivity contribution in [3.63, 3.8) is 0 Å². The molecule has 6 nitrogen and oxygen atoms in total. The molecule has 0 fully saturated rings. The number of carbonyl (C=O) groups is 2. The van der Waals surface area contributed by atoms with Crippen LogP contribution in [-0.4, -0.2) is 48.9 Å². The Labute approximate surface area is 205 Å². The second-order valence-corrected chi connectivity index (χ2v) is 8.89. The Morgan fingerprint density at radius 1 is 1.21 bits per heavy atom. The molecule has 2 amide bonds. The quantitative estimate of drug-likeness (QED) is 0.498. The molecule has 0 bridgehead atoms. The number of nitrogens with zero attached hydrogens (tertiary/aromatic N) is 1. The molecule has 0 saturated carbocycles. The maximum Gasteiger partial charge on any atom is 0.251 e. The predicted octanol–water partition coefficient (Wildman–Crippen LogP) is 3.95. The summed E-state index contributed by atoms with van der Waals surface area (Å²) in [5.41, 5.74) is 8.21. The number of carbonyl (C=O) groups excluding carboxylic acids is 2. The van der Waals surface area contributed by atoms with Gasteiger partial charge in [0.2, 0.25) is 5.91 Å². The number of rotatable bonds is 9. The van der Waals surface area contributed by atoms with Crippen LogP contribution in [0.15, 0.2) is 60.3 Å². The van der Waals surface area contributed by atoms with Crippen LogP contribution < -0.4 is 16.4 Å². The van der Waals surface area contributed by atoms with Crippen molar-refractivity contribution >= 4 is 35.0 Å². The van der Waals surface area contributed by atoms with E-state index in [2.05, 4.69) is 29.7 Å². The standard InChI is InChI=1S/C25H30Cl2N4O2/c1-2-17(18-6-4-3-5-7-18)16-31-13-11-20(30-23(10-12-28)25(31)33)15-29-24(32)19-8-9-21(26)22(27)14-19/h3-9,11,14,17,23,30H,2,10,12-13,15-16,28H2,1H3,(H,29,32)/t17-,23+/m1/s1. The molecule has 4 N–H and O–H groups in total. The van der Waals surface area contributed by atoms with Gasteiger partial charge in [-0.3, -0.25) is 9.59 Å². The van der Waals surface area contributed by atoms with Gasteiger partial charge in [-0.2, -0.15) is 0 Å². The van der Waals surface area contributed by atoms with Crippen molar-refractivity contribution in [3.05, 3.63) is 81.5 Å². The molecule has 176 valence electrons. The minimum Gasteiger partial charge on any atom is -0.376 e. The molecule has 1 heterocycles. The average molecular weight is 489 g/mol. The van der Waals surface area contributed by atoms with Crippen LogP contribution in [0.5, 0.6) is 0 Å². The van der Waals surface area contributed by atoms with E-state index in [9.17, 15) is 9.59 Å². The summed E-state index contributed by atoms with van der Waals surface area (Å²) in [6, 6.07) is 14.6. The van der Waals surface area contributed by atoms with Gasteiger partial charge < -0.3 is 21.3 Å². The van der Waals surface area contributed by atoms with E-state index in [1.54, 1.807) is 12.1 Å². The summed E-state index contributed by atoms with van der Waals surface area (Å²) in [6.07, 6.45) is 3.40. The predicted molar refractivity (Wildman–Crippen MR) is 134 cm³/mol. The van der Waals surface area contributed by atoms with E-state index in [-0.39, 0.29) is 24.3 Å². The summed E-state index contributed by atoms with van der Waals surface area (Å²) >= 11 is 12.0. The largest absolute Gasteiger partial charge is 0.376 e. The number of amides is 2. The van der Waals surface area contributed by atoms with Gasteiger partial charge >= 0.3 is 0 Å². The Bertz CT molecular complexity index is 997. The zero-order valence-corrected chi connectivity index (χ0v) is 20.2. The van der Waals surface area contributed by atoms with Crippen molar-refractivity contribution in [2.45, 2.75) is 31.7 Å². The second-order valence-electron chi connectivity index (χ2n) is 8.07. The minimum atomic E-state index is -0.432. The van der Waals surface area contributed by atoms with E-state index >= 15 is 0 Å². The van der Waals surface area contributed by atoms with E-state index in [0.29, 0.717) is 41.7 Å². The Kier molecular flexibility index (Phi) is 9.18. The van der Waals surface area contributed by atoms with E-state index in [4.69, 9.17) is 28.9 Å². The van der Waals surface area contributed by atoms with Crippen LogP contribution >= 0.6 is 23.2 Å². The smallest absolute Gasteiger partial charge is 0.251 e. The number of nitrogens with one attached hydrogen (secondary N) is 2. The van der Waals surface area contributed by atoms with Crippen molar-refractivity contribution in [2.24, 2.45) is 5.73 Å². The molecule has 2 aromatic carbocycles. The zero-order chi connectivity index (χ0) is 23.8. The Hall–Kier alpha value is -2.54. The van der Waals surface area contributed by atoms with Crippen molar-refractivity contribution in [3.8, 4) is 0 Å². The lowest BCUT2D eigenvalue weighted by atomic mass is 9.95. The highest BCUT2D eigenvalue weighted by Crippen LogP contribution is 2.23. The van der Waals surface area contributed by atoms with Gasteiger partial charge in [-0.25, -0.2) is 0 Å². The lowest BCUT2D eigenvalue weighted by Crippen LogP contribution is -2.47. The molecule has 0 spiro atoms. The summed E-state index contributed by atoms with van der Waals surface area (Å²) in [5, 5.41) is 6.88. The topological polar surface area (TPSA) is 87.5 Å². The molecule has 1 aliphatic heterocycles. The maximum absolute atomic E-state index is 13.3. The number of hydrogen-bond acceptors (Lipinski definition) is 4. The Morgan fingerprint density at radius 2 is 1.97 bits per heavy atom. The van der Waals surface area contributed by atoms with Crippen LogP contribution in [0.25, 0.3) is 0 Å². The van der Waals surface area contributed by atoms with Gasteiger partial charge in [0.25, 0.3) is 5.91 Å². The lowest BCUT2D eigenvalue weighted by Gasteiger charge is -2.28. The molecule has 2 atom stereocenters. The van der Waals surface area contributed by atoms with Crippen LogP contribution in [-0.2, 0) is 4.79 Å². The summed E-state index contributed by atoms with van der Waals surface area (Å²) in [5.74, 6) is 0.00377. The van der Waals surface area contributed by atoms with Crippen molar-refractivity contribution in [1.29, 1.82) is 0 Å². The van der Waals surface area contributed by atoms with Gasteiger partial charge in [-0.1, -0.05) is 60.5 Å². The summed E-state index contributed by atoms with van der Waals surface area (Å²) < 4.78 is 0. The maximum atomic E-state index is 13.3. The first-order valence-electron chi connectivity index (χ1n) is 11.2. The first kappa shape index (κ1) is 25.1. The Balaban J connectivity index is 1.70. The van der Waals surface area contributed by atoms with Crippen LogP contribution in [0.3, 0.4) is 0 Å². The zero-order valence-electron chi connectivity index (χ0n) is 18.7. The third-order valence-electron chi connectivity index (χ3n) is 5.81. The van der Waals surface area contributed by atoms with E-state index in [0.717, 1.165) is 12.1 Å². The molecule has 8 heteroatoms. The van der Waals surface area contributed by atoms with Crippen LogP contribution in [0.1, 0.15) is 41.6 Å². The van der Waals surface area contributed by atoms with Gasteiger partial charge in [0.1, 0.15) is 6.04 Å². The molecule has 0 aliphatic carbocycles. The average Bonchev–Trinajstić information content (AvgIpc) is 2.97. The molecular weight excluding hydrogens is 459 g/mol.